The molecule has 1 fully saturated rings. The molecule has 0 radical (unpaired) electrons. The van der Waals surface area contributed by atoms with E-state index in [1.54, 1.807) is 11.3 Å². The molecule has 2 nitrogen and oxygen atoms in total. The van der Waals surface area contributed by atoms with E-state index in [1.165, 1.54) is 24.3 Å². The van der Waals surface area contributed by atoms with Gasteiger partial charge in [-0.1, -0.05) is 0 Å². The molecule has 1 aliphatic rings. The average molecular weight is 182 g/mol. The summed E-state index contributed by atoms with van der Waals surface area (Å²) in [5.74, 6) is 0.797. The van der Waals surface area contributed by atoms with Gasteiger partial charge >= 0.3 is 0 Å². The van der Waals surface area contributed by atoms with Crippen LogP contribution in [0, 0.1) is 5.92 Å². The average Bonchev–Trinajstić information content (AvgIpc) is 2.63. The van der Waals surface area contributed by atoms with Gasteiger partial charge in [0.25, 0.3) is 0 Å². The molecular formula is C9H14N2S. The predicted molar refractivity (Wildman–Crippen MR) is 51.1 cm³/mol. The van der Waals surface area contributed by atoms with E-state index in [-0.39, 0.29) is 0 Å². The first-order valence-electron chi connectivity index (χ1n) is 4.48. The highest BCUT2D eigenvalue weighted by Crippen LogP contribution is 2.27. The Morgan fingerprint density at radius 2 is 2.50 bits per heavy atom. The Morgan fingerprint density at radius 3 is 3.08 bits per heavy atom. The molecule has 66 valence electrons. The summed E-state index contributed by atoms with van der Waals surface area (Å²) in [6.07, 6.45) is 6.72. The predicted octanol–water partition coefficient (Wildman–Crippen LogP) is 1.81. The van der Waals surface area contributed by atoms with E-state index >= 15 is 0 Å². The van der Waals surface area contributed by atoms with Crippen LogP contribution < -0.4 is 5.73 Å². The van der Waals surface area contributed by atoms with Crippen molar-refractivity contribution in [1.82, 2.24) is 4.98 Å². The number of aromatic nitrogens is 1. The second-order valence-corrected chi connectivity index (χ2v) is 4.55. The number of nitrogens with two attached hydrogens (primary N) is 1. The lowest BCUT2D eigenvalue weighted by atomic mass is 10.0. The van der Waals surface area contributed by atoms with Crippen molar-refractivity contribution in [3.05, 3.63) is 16.6 Å². The lowest BCUT2D eigenvalue weighted by Gasteiger charge is -2.05. The standard InChI is InChI=1S/C9H14N2S/c10-8-2-1-7(5-8)6-9-11-3-4-12-9/h3-4,7-8H,1-2,5-6,10H2. The maximum atomic E-state index is 5.84. The van der Waals surface area contributed by atoms with Gasteiger partial charge in [-0.05, 0) is 25.2 Å². The second-order valence-electron chi connectivity index (χ2n) is 3.57. The zero-order valence-electron chi connectivity index (χ0n) is 7.07. The SMILES string of the molecule is NC1CCC(Cc2nccs2)C1. The highest BCUT2D eigenvalue weighted by atomic mass is 32.1. The lowest BCUT2D eigenvalue weighted by molar-refractivity contribution is 0.534. The minimum Gasteiger partial charge on any atom is -0.328 e. The topological polar surface area (TPSA) is 38.9 Å². The fraction of sp³-hybridized carbons (Fsp3) is 0.667. The molecule has 1 aromatic heterocycles. The zero-order valence-corrected chi connectivity index (χ0v) is 7.89. The lowest BCUT2D eigenvalue weighted by Crippen LogP contribution is -2.15. The van der Waals surface area contributed by atoms with E-state index in [1.807, 2.05) is 11.6 Å². The van der Waals surface area contributed by atoms with Gasteiger partial charge in [0.2, 0.25) is 0 Å². The van der Waals surface area contributed by atoms with Crippen LogP contribution in [-0.4, -0.2) is 11.0 Å². The number of hydrogen-bond acceptors (Lipinski definition) is 3. The number of rotatable bonds is 2. The third-order valence-corrected chi connectivity index (χ3v) is 3.33. The summed E-state index contributed by atoms with van der Waals surface area (Å²) in [5, 5.41) is 3.32. The van der Waals surface area contributed by atoms with Crippen molar-refractivity contribution in [1.29, 1.82) is 0 Å². The maximum Gasteiger partial charge on any atom is 0.0927 e. The van der Waals surface area contributed by atoms with Crippen LogP contribution in [0.1, 0.15) is 24.3 Å². The van der Waals surface area contributed by atoms with Gasteiger partial charge in [0.15, 0.2) is 0 Å². The van der Waals surface area contributed by atoms with E-state index in [0.717, 1.165) is 12.3 Å². The molecule has 3 heteroatoms. The smallest absolute Gasteiger partial charge is 0.0927 e. The first-order valence-corrected chi connectivity index (χ1v) is 5.36. The summed E-state index contributed by atoms with van der Waals surface area (Å²) in [5.41, 5.74) is 5.84. The Balaban J connectivity index is 1.88. The van der Waals surface area contributed by atoms with Crippen LogP contribution in [0.15, 0.2) is 11.6 Å². The molecular weight excluding hydrogens is 168 g/mol. The molecule has 12 heavy (non-hydrogen) atoms. The second kappa shape index (κ2) is 3.54. The molecule has 1 heterocycles. The van der Waals surface area contributed by atoms with Crippen molar-refractivity contribution in [3.63, 3.8) is 0 Å². The zero-order chi connectivity index (χ0) is 8.39. The fourth-order valence-corrected chi connectivity index (χ4v) is 2.63. The van der Waals surface area contributed by atoms with Crippen LogP contribution in [0.5, 0.6) is 0 Å². The Morgan fingerprint density at radius 1 is 1.58 bits per heavy atom. The van der Waals surface area contributed by atoms with Crippen molar-refractivity contribution in [3.8, 4) is 0 Å². The van der Waals surface area contributed by atoms with Crippen LogP contribution in [0.4, 0.5) is 0 Å². The molecule has 2 atom stereocenters. The summed E-state index contributed by atoms with van der Waals surface area (Å²) in [6.45, 7) is 0. The highest BCUT2D eigenvalue weighted by Gasteiger charge is 2.22. The summed E-state index contributed by atoms with van der Waals surface area (Å²) < 4.78 is 0. The van der Waals surface area contributed by atoms with E-state index in [9.17, 15) is 0 Å². The minimum atomic E-state index is 0.454. The van der Waals surface area contributed by atoms with Crippen LogP contribution >= 0.6 is 11.3 Å². The largest absolute Gasteiger partial charge is 0.328 e. The molecule has 0 aromatic carbocycles. The monoisotopic (exact) mass is 182 g/mol. The Bertz CT molecular complexity index is 233. The van der Waals surface area contributed by atoms with Gasteiger partial charge in [-0.15, -0.1) is 11.3 Å². The minimum absolute atomic E-state index is 0.454. The molecule has 0 saturated heterocycles. The first kappa shape index (κ1) is 8.20. The van der Waals surface area contributed by atoms with Crippen molar-refractivity contribution < 1.29 is 0 Å². The Hall–Kier alpha value is -0.410. The van der Waals surface area contributed by atoms with Gasteiger partial charge in [0, 0.05) is 24.0 Å². The summed E-state index contributed by atoms with van der Waals surface area (Å²) in [6, 6.07) is 0.454. The number of nitrogens with zero attached hydrogens (tertiary/aromatic N) is 1. The fourth-order valence-electron chi connectivity index (χ4n) is 1.90. The summed E-state index contributed by atoms with van der Waals surface area (Å²) in [4.78, 5) is 4.28. The summed E-state index contributed by atoms with van der Waals surface area (Å²) >= 11 is 1.76. The number of thiazole rings is 1. The van der Waals surface area contributed by atoms with E-state index < -0.39 is 0 Å². The maximum absolute atomic E-state index is 5.84. The van der Waals surface area contributed by atoms with Gasteiger partial charge in [-0.25, -0.2) is 4.98 Å². The van der Waals surface area contributed by atoms with Crippen molar-refractivity contribution in [2.45, 2.75) is 31.7 Å². The highest BCUT2D eigenvalue weighted by molar-refractivity contribution is 7.09. The quantitative estimate of drug-likeness (QED) is 0.757. The first-order chi connectivity index (χ1) is 5.84. The molecule has 2 N–H and O–H groups in total. The van der Waals surface area contributed by atoms with Crippen molar-refractivity contribution in [2.24, 2.45) is 11.7 Å². The molecule has 1 saturated carbocycles. The van der Waals surface area contributed by atoms with Gasteiger partial charge < -0.3 is 5.73 Å². The van der Waals surface area contributed by atoms with Crippen molar-refractivity contribution >= 4 is 11.3 Å². The number of hydrogen-bond donors (Lipinski definition) is 1. The molecule has 0 amide bonds. The normalized spacial score (nSPS) is 29.4. The molecule has 0 aliphatic heterocycles. The molecule has 2 rings (SSSR count). The Kier molecular flexibility index (Phi) is 2.42. The Labute approximate surface area is 76.8 Å². The van der Waals surface area contributed by atoms with E-state index in [4.69, 9.17) is 5.73 Å². The van der Waals surface area contributed by atoms with Crippen LogP contribution in [0.3, 0.4) is 0 Å². The van der Waals surface area contributed by atoms with Crippen LogP contribution in [0.25, 0.3) is 0 Å². The van der Waals surface area contributed by atoms with Gasteiger partial charge in [-0.2, -0.15) is 0 Å². The van der Waals surface area contributed by atoms with E-state index in [2.05, 4.69) is 4.98 Å². The molecule has 2 unspecified atom stereocenters. The van der Waals surface area contributed by atoms with Gasteiger partial charge in [0.05, 0.1) is 5.01 Å². The van der Waals surface area contributed by atoms with E-state index in [0.29, 0.717) is 6.04 Å². The molecule has 0 bridgehead atoms. The van der Waals surface area contributed by atoms with Crippen LogP contribution in [0.2, 0.25) is 0 Å². The van der Waals surface area contributed by atoms with Crippen molar-refractivity contribution in [2.75, 3.05) is 0 Å². The van der Waals surface area contributed by atoms with Crippen LogP contribution in [-0.2, 0) is 6.42 Å². The molecule has 1 aromatic rings. The third-order valence-electron chi connectivity index (χ3n) is 2.53. The molecule has 0 spiro atoms. The summed E-state index contributed by atoms with van der Waals surface area (Å²) in [7, 11) is 0. The molecule has 1 aliphatic carbocycles. The van der Waals surface area contributed by atoms with Gasteiger partial charge in [0.1, 0.15) is 0 Å². The third kappa shape index (κ3) is 1.84. The van der Waals surface area contributed by atoms with Gasteiger partial charge in [-0.3, -0.25) is 0 Å².